The summed E-state index contributed by atoms with van der Waals surface area (Å²) in [6.45, 7) is 8.78. The number of rotatable bonds is 6. The summed E-state index contributed by atoms with van der Waals surface area (Å²) in [5.41, 5.74) is 1.00. The number of non-ortho nitro benzene ring substituents is 1. The summed E-state index contributed by atoms with van der Waals surface area (Å²) < 4.78 is 0. The number of aliphatic imine (C=N–C) groups is 1. The van der Waals surface area contributed by atoms with E-state index in [0.29, 0.717) is 19.0 Å². The molecule has 0 saturated heterocycles. The number of nitro groups is 1. The molecule has 1 aromatic rings. The largest absolute Gasteiger partial charge is 0.354 e. The Kier molecular flexibility index (Phi) is 6.22. The molecule has 20 heavy (non-hydrogen) atoms. The van der Waals surface area contributed by atoms with E-state index < -0.39 is 4.92 Å². The zero-order valence-electron chi connectivity index (χ0n) is 11.8. The highest BCUT2D eigenvalue weighted by Crippen LogP contribution is 2.12. The van der Waals surface area contributed by atoms with Gasteiger partial charge in [-0.2, -0.15) is 0 Å². The average Bonchev–Trinajstić information content (AvgIpc) is 2.41. The van der Waals surface area contributed by atoms with Gasteiger partial charge in [-0.05, 0) is 19.4 Å². The quantitative estimate of drug-likeness (QED) is 0.274. The Hall–Kier alpha value is -2.37. The number of hydrogen-bond acceptors (Lipinski definition) is 3. The maximum atomic E-state index is 10.6. The van der Waals surface area contributed by atoms with E-state index >= 15 is 0 Å². The van der Waals surface area contributed by atoms with Gasteiger partial charge in [0.05, 0.1) is 11.5 Å². The van der Waals surface area contributed by atoms with Crippen molar-refractivity contribution in [3.05, 3.63) is 52.6 Å². The first-order valence-electron chi connectivity index (χ1n) is 6.42. The lowest BCUT2D eigenvalue weighted by Gasteiger charge is -2.14. The zero-order valence-corrected chi connectivity index (χ0v) is 11.8. The van der Waals surface area contributed by atoms with Crippen molar-refractivity contribution in [2.45, 2.75) is 26.4 Å². The Morgan fingerprint density at radius 3 is 2.60 bits per heavy atom. The highest BCUT2D eigenvalue weighted by atomic mass is 16.6. The second kappa shape index (κ2) is 7.93. The van der Waals surface area contributed by atoms with Crippen molar-refractivity contribution in [2.24, 2.45) is 4.99 Å². The third-order valence-electron chi connectivity index (χ3n) is 2.41. The molecule has 6 heteroatoms. The first-order valence-corrected chi connectivity index (χ1v) is 6.42. The topological polar surface area (TPSA) is 79.6 Å². The summed E-state index contributed by atoms with van der Waals surface area (Å²) in [5, 5.41) is 16.9. The van der Waals surface area contributed by atoms with Crippen LogP contribution in [0.3, 0.4) is 0 Å². The maximum Gasteiger partial charge on any atom is 0.269 e. The van der Waals surface area contributed by atoms with E-state index in [1.165, 1.54) is 12.1 Å². The SMILES string of the molecule is C=CCNC(=NCc1ccc([N+](=O)[O-])cc1)NC(C)C. The number of benzene rings is 1. The van der Waals surface area contributed by atoms with Crippen LogP contribution < -0.4 is 10.6 Å². The summed E-state index contributed by atoms with van der Waals surface area (Å²) in [5.74, 6) is 0.693. The Balaban J connectivity index is 2.69. The van der Waals surface area contributed by atoms with Crippen LogP contribution in [0.5, 0.6) is 0 Å². The molecule has 0 aliphatic rings. The fourth-order valence-electron chi connectivity index (χ4n) is 1.49. The van der Waals surface area contributed by atoms with Crippen LogP contribution in [-0.4, -0.2) is 23.5 Å². The monoisotopic (exact) mass is 276 g/mol. The van der Waals surface area contributed by atoms with Crippen LogP contribution in [0.2, 0.25) is 0 Å². The molecule has 1 rings (SSSR count). The molecule has 0 heterocycles. The molecule has 6 nitrogen and oxygen atoms in total. The molecule has 1 aromatic carbocycles. The summed E-state index contributed by atoms with van der Waals surface area (Å²) >= 11 is 0. The predicted molar refractivity (Wildman–Crippen MR) is 80.7 cm³/mol. The van der Waals surface area contributed by atoms with E-state index in [1.54, 1.807) is 18.2 Å². The molecule has 0 aromatic heterocycles. The second-order valence-corrected chi connectivity index (χ2v) is 4.56. The van der Waals surface area contributed by atoms with Crippen LogP contribution in [-0.2, 0) is 6.54 Å². The van der Waals surface area contributed by atoms with Crippen molar-refractivity contribution in [1.29, 1.82) is 0 Å². The predicted octanol–water partition coefficient (Wildman–Crippen LogP) is 2.22. The van der Waals surface area contributed by atoms with Crippen LogP contribution in [0.1, 0.15) is 19.4 Å². The van der Waals surface area contributed by atoms with Crippen LogP contribution in [0.15, 0.2) is 41.9 Å². The summed E-state index contributed by atoms with van der Waals surface area (Å²) in [7, 11) is 0. The molecule has 0 radical (unpaired) electrons. The van der Waals surface area contributed by atoms with E-state index in [-0.39, 0.29) is 11.7 Å². The van der Waals surface area contributed by atoms with Gasteiger partial charge < -0.3 is 10.6 Å². The number of nitrogens with one attached hydrogen (secondary N) is 2. The lowest BCUT2D eigenvalue weighted by Crippen LogP contribution is -2.41. The zero-order chi connectivity index (χ0) is 15.0. The minimum Gasteiger partial charge on any atom is -0.354 e. The third kappa shape index (κ3) is 5.51. The van der Waals surface area contributed by atoms with Crippen LogP contribution in [0.25, 0.3) is 0 Å². The van der Waals surface area contributed by atoms with Gasteiger partial charge in [0.25, 0.3) is 5.69 Å². The van der Waals surface area contributed by atoms with Crippen molar-refractivity contribution in [3.8, 4) is 0 Å². The molecule has 0 unspecified atom stereocenters. The highest BCUT2D eigenvalue weighted by Gasteiger charge is 2.04. The first-order chi connectivity index (χ1) is 9.52. The lowest BCUT2D eigenvalue weighted by atomic mass is 10.2. The fraction of sp³-hybridized carbons (Fsp3) is 0.357. The molecule has 0 spiro atoms. The fourth-order valence-corrected chi connectivity index (χ4v) is 1.49. The van der Waals surface area contributed by atoms with E-state index in [0.717, 1.165) is 5.56 Å². The van der Waals surface area contributed by atoms with Crippen molar-refractivity contribution >= 4 is 11.6 Å². The highest BCUT2D eigenvalue weighted by molar-refractivity contribution is 5.80. The van der Waals surface area contributed by atoms with Crippen molar-refractivity contribution in [2.75, 3.05) is 6.54 Å². The molecular formula is C14H20N4O2. The molecule has 0 saturated carbocycles. The van der Waals surface area contributed by atoms with E-state index in [9.17, 15) is 10.1 Å². The minimum atomic E-state index is -0.412. The Labute approximate surface area is 118 Å². The van der Waals surface area contributed by atoms with Gasteiger partial charge in [0, 0.05) is 24.7 Å². The molecule has 108 valence electrons. The number of nitrogens with zero attached hydrogens (tertiary/aromatic N) is 2. The van der Waals surface area contributed by atoms with Crippen molar-refractivity contribution in [3.63, 3.8) is 0 Å². The number of guanidine groups is 1. The van der Waals surface area contributed by atoms with Gasteiger partial charge in [0.15, 0.2) is 5.96 Å². The normalized spacial score (nSPS) is 11.2. The molecule has 0 bridgehead atoms. The Morgan fingerprint density at radius 2 is 2.10 bits per heavy atom. The van der Waals surface area contributed by atoms with Gasteiger partial charge in [-0.25, -0.2) is 4.99 Å². The van der Waals surface area contributed by atoms with E-state index in [2.05, 4.69) is 22.2 Å². The summed E-state index contributed by atoms with van der Waals surface area (Å²) in [4.78, 5) is 14.6. The molecule has 0 aliphatic carbocycles. The van der Waals surface area contributed by atoms with Gasteiger partial charge in [0.1, 0.15) is 0 Å². The molecule has 0 atom stereocenters. The molecule has 2 N–H and O–H groups in total. The van der Waals surface area contributed by atoms with E-state index in [4.69, 9.17) is 0 Å². The molecule has 0 amide bonds. The van der Waals surface area contributed by atoms with Crippen molar-refractivity contribution in [1.82, 2.24) is 10.6 Å². The van der Waals surface area contributed by atoms with E-state index in [1.807, 2.05) is 13.8 Å². The number of hydrogen-bond donors (Lipinski definition) is 2. The average molecular weight is 276 g/mol. The molecule has 0 aliphatic heterocycles. The Bertz CT molecular complexity index is 480. The van der Waals surface area contributed by atoms with Gasteiger partial charge in [-0.3, -0.25) is 10.1 Å². The van der Waals surface area contributed by atoms with Gasteiger partial charge >= 0.3 is 0 Å². The molecular weight excluding hydrogens is 256 g/mol. The smallest absolute Gasteiger partial charge is 0.269 e. The van der Waals surface area contributed by atoms with Crippen LogP contribution in [0, 0.1) is 10.1 Å². The standard InChI is InChI=1S/C14H20N4O2/c1-4-9-15-14(17-11(2)3)16-10-12-5-7-13(8-6-12)18(19)20/h4-8,11H,1,9-10H2,2-3H3,(H2,15,16,17). The van der Waals surface area contributed by atoms with Crippen molar-refractivity contribution < 1.29 is 4.92 Å². The van der Waals surface area contributed by atoms with Gasteiger partial charge in [0.2, 0.25) is 0 Å². The molecule has 0 fully saturated rings. The van der Waals surface area contributed by atoms with Crippen LogP contribution in [0.4, 0.5) is 5.69 Å². The van der Waals surface area contributed by atoms with Gasteiger partial charge in [-0.15, -0.1) is 6.58 Å². The third-order valence-corrected chi connectivity index (χ3v) is 2.41. The lowest BCUT2D eigenvalue weighted by molar-refractivity contribution is -0.384. The Morgan fingerprint density at radius 1 is 1.45 bits per heavy atom. The first kappa shape index (κ1) is 15.7. The summed E-state index contributed by atoms with van der Waals surface area (Å²) in [6, 6.07) is 6.65. The second-order valence-electron chi connectivity index (χ2n) is 4.56. The van der Waals surface area contributed by atoms with Crippen LogP contribution >= 0.6 is 0 Å². The minimum absolute atomic E-state index is 0.0861. The summed E-state index contributed by atoms with van der Waals surface area (Å²) in [6.07, 6.45) is 1.75. The number of nitro benzene ring substituents is 1. The van der Waals surface area contributed by atoms with Gasteiger partial charge in [-0.1, -0.05) is 18.2 Å². The maximum absolute atomic E-state index is 10.6.